The van der Waals surface area contributed by atoms with Crippen molar-refractivity contribution in [3.63, 3.8) is 0 Å². The molecule has 4 nitrogen and oxygen atoms in total. The van der Waals surface area contributed by atoms with Crippen LogP contribution in [-0.4, -0.2) is 6.79 Å². The fraction of sp³-hybridized carbons (Fsp3) is 0.125. The number of nitrogens with two attached hydrogens (primary N) is 1. The number of benzene rings is 1. The molecule has 0 saturated carbocycles. The Balaban J connectivity index is 2.82. The zero-order valence-corrected chi connectivity index (χ0v) is 6.80. The topological polar surface area (TPSA) is 68.3 Å². The van der Waals surface area contributed by atoms with E-state index in [1.807, 2.05) is 0 Å². The van der Waals surface area contributed by atoms with E-state index in [1.165, 1.54) is 0 Å². The molecule has 2 N–H and O–H groups in total. The van der Waals surface area contributed by atoms with Crippen molar-refractivity contribution in [2.75, 3.05) is 12.5 Å². The third-order valence-electron chi connectivity index (χ3n) is 1.85. The zero-order valence-electron chi connectivity index (χ0n) is 6.80. The summed E-state index contributed by atoms with van der Waals surface area (Å²) in [7, 11) is 0. The lowest BCUT2D eigenvalue weighted by Gasteiger charge is -2.04. The molecular formula is C8H4F2N2O2. The van der Waals surface area contributed by atoms with Crippen LogP contribution < -0.4 is 15.2 Å². The highest BCUT2D eigenvalue weighted by Crippen LogP contribution is 2.42. The largest absolute Gasteiger partial charge is 0.452 e. The van der Waals surface area contributed by atoms with Crippen LogP contribution in [0.1, 0.15) is 5.56 Å². The van der Waals surface area contributed by atoms with Crippen molar-refractivity contribution >= 4 is 5.69 Å². The molecule has 0 amide bonds. The Bertz CT molecular complexity index is 451. The average molecular weight is 198 g/mol. The molecule has 0 aromatic heterocycles. The van der Waals surface area contributed by atoms with Gasteiger partial charge in [-0.05, 0) is 0 Å². The average Bonchev–Trinajstić information content (AvgIpc) is 2.64. The maximum Gasteiger partial charge on any atom is 0.231 e. The SMILES string of the molecule is N#Cc1c(N)c(F)c(F)c2c1OCO2. The van der Waals surface area contributed by atoms with Crippen LogP contribution in [0.25, 0.3) is 0 Å². The van der Waals surface area contributed by atoms with Gasteiger partial charge in [0.15, 0.2) is 11.6 Å². The van der Waals surface area contributed by atoms with Gasteiger partial charge in [-0.3, -0.25) is 0 Å². The second-order valence-corrected chi connectivity index (χ2v) is 2.59. The molecule has 0 saturated heterocycles. The predicted octanol–water partition coefficient (Wildman–Crippen LogP) is 1.15. The Morgan fingerprint density at radius 1 is 1.21 bits per heavy atom. The minimum atomic E-state index is -1.29. The van der Waals surface area contributed by atoms with Crippen molar-refractivity contribution in [3.8, 4) is 17.6 Å². The molecule has 6 heteroatoms. The predicted molar refractivity (Wildman–Crippen MR) is 41.6 cm³/mol. The minimum absolute atomic E-state index is 0.135. The molecule has 72 valence electrons. The second-order valence-electron chi connectivity index (χ2n) is 2.59. The monoisotopic (exact) mass is 198 g/mol. The van der Waals surface area contributed by atoms with Gasteiger partial charge in [-0.25, -0.2) is 4.39 Å². The molecule has 1 aromatic rings. The summed E-state index contributed by atoms with van der Waals surface area (Å²) in [5.74, 6) is -3.04. The molecular weight excluding hydrogens is 194 g/mol. The molecule has 0 aliphatic carbocycles. The Kier molecular flexibility index (Phi) is 1.67. The molecule has 1 aliphatic heterocycles. The summed E-state index contributed by atoms with van der Waals surface area (Å²) in [6, 6.07) is 1.63. The summed E-state index contributed by atoms with van der Waals surface area (Å²) in [5.41, 5.74) is 4.39. The lowest BCUT2D eigenvalue weighted by atomic mass is 10.1. The first-order chi connectivity index (χ1) is 6.66. The number of nitrogen functional groups attached to an aromatic ring is 1. The van der Waals surface area contributed by atoms with Gasteiger partial charge < -0.3 is 15.2 Å². The normalized spacial score (nSPS) is 12.6. The van der Waals surface area contributed by atoms with Gasteiger partial charge in [0, 0.05) is 0 Å². The number of rotatable bonds is 0. The van der Waals surface area contributed by atoms with Crippen LogP contribution in [0.3, 0.4) is 0 Å². The van der Waals surface area contributed by atoms with E-state index in [0.717, 1.165) is 0 Å². The summed E-state index contributed by atoms with van der Waals surface area (Å²) in [4.78, 5) is 0. The van der Waals surface area contributed by atoms with E-state index in [9.17, 15) is 8.78 Å². The van der Waals surface area contributed by atoms with Crippen LogP contribution in [0.15, 0.2) is 0 Å². The Hall–Kier alpha value is -2.03. The molecule has 0 bridgehead atoms. The van der Waals surface area contributed by atoms with E-state index >= 15 is 0 Å². The van der Waals surface area contributed by atoms with Gasteiger partial charge in [-0.1, -0.05) is 0 Å². The molecule has 1 aliphatic rings. The van der Waals surface area contributed by atoms with Crippen LogP contribution >= 0.6 is 0 Å². The molecule has 0 radical (unpaired) electrons. The molecule has 2 rings (SSSR count). The molecule has 14 heavy (non-hydrogen) atoms. The van der Waals surface area contributed by atoms with Crippen molar-refractivity contribution < 1.29 is 18.3 Å². The minimum Gasteiger partial charge on any atom is -0.452 e. The third kappa shape index (κ3) is 0.893. The number of halogens is 2. The summed E-state index contributed by atoms with van der Waals surface area (Å²) in [6.45, 7) is -0.246. The quantitative estimate of drug-likeness (QED) is 0.635. The number of fused-ring (bicyclic) bond motifs is 1. The van der Waals surface area contributed by atoms with Crippen LogP contribution in [-0.2, 0) is 0 Å². The Morgan fingerprint density at radius 2 is 1.86 bits per heavy atom. The van der Waals surface area contributed by atoms with Crippen molar-refractivity contribution in [2.24, 2.45) is 0 Å². The fourth-order valence-electron chi connectivity index (χ4n) is 1.19. The highest BCUT2D eigenvalue weighted by Gasteiger charge is 2.29. The first kappa shape index (κ1) is 8.56. The van der Waals surface area contributed by atoms with Crippen molar-refractivity contribution in [2.45, 2.75) is 0 Å². The molecule has 1 heterocycles. The van der Waals surface area contributed by atoms with Gasteiger partial charge in [0.2, 0.25) is 18.4 Å². The van der Waals surface area contributed by atoms with E-state index in [0.29, 0.717) is 0 Å². The van der Waals surface area contributed by atoms with Gasteiger partial charge in [0.25, 0.3) is 0 Å². The molecule has 0 unspecified atom stereocenters. The first-order valence-electron chi connectivity index (χ1n) is 3.63. The highest BCUT2D eigenvalue weighted by atomic mass is 19.2. The highest BCUT2D eigenvalue weighted by molar-refractivity contribution is 5.68. The first-order valence-corrected chi connectivity index (χ1v) is 3.63. The molecule has 1 aromatic carbocycles. The molecule has 0 atom stereocenters. The van der Waals surface area contributed by atoms with E-state index in [1.54, 1.807) is 6.07 Å². The van der Waals surface area contributed by atoms with Crippen LogP contribution in [0.5, 0.6) is 11.5 Å². The summed E-state index contributed by atoms with van der Waals surface area (Å²) >= 11 is 0. The number of ether oxygens (including phenoxy) is 2. The lowest BCUT2D eigenvalue weighted by Crippen LogP contribution is -2.00. The summed E-state index contributed by atoms with van der Waals surface area (Å²) < 4.78 is 35.6. The summed E-state index contributed by atoms with van der Waals surface area (Å²) in [6.07, 6.45) is 0. The molecule has 0 fully saturated rings. The van der Waals surface area contributed by atoms with Gasteiger partial charge in [-0.2, -0.15) is 9.65 Å². The fourth-order valence-corrected chi connectivity index (χ4v) is 1.19. The van der Waals surface area contributed by atoms with E-state index in [4.69, 9.17) is 15.7 Å². The number of nitriles is 1. The van der Waals surface area contributed by atoms with Crippen LogP contribution in [0.2, 0.25) is 0 Å². The van der Waals surface area contributed by atoms with Crippen molar-refractivity contribution in [3.05, 3.63) is 17.2 Å². The third-order valence-corrected chi connectivity index (χ3v) is 1.85. The Morgan fingerprint density at radius 3 is 2.50 bits per heavy atom. The molecule has 0 spiro atoms. The van der Waals surface area contributed by atoms with Crippen LogP contribution in [0, 0.1) is 23.0 Å². The smallest absolute Gasteiger partial charge is 0.231 e. The second kappa shape index (κ2) is 2.73. The zero-order chi connectivity index (χ0) is 10.3. The van der Waals surface area contributed by atoms with Crippen molar-refractivity contribution in [1.29, 1.82) is 5.26 Å². The maximum absolute atomic E-state index is 13.1. The van der Waals surface area contributed by atoms with Crippen molar-refractivity contribution in [1.82, 2.24) is 0 Å². The van der Waals surface area contributed by atoms with Gasteiger partial charge in [-0.15, -0.1) is 0 Å². The standard InChI is InChI=1S/C8H4F2N2O2/c9-4-5(10)8-7(13-2-14-8)3(1-11)6(4)12/h2,12H2. The van der Waals surface area contributed by atoms with E-state index < -0.39 is 23.1 Å². The maximum atomic E-state index is 13.1. The number of anilines is 1. The number of nitrogens with zero attached hydrogens (tertiary/aromatic N) is 1. The van der Waals surface area contributed by atoms with Gasteiger partial charge >= 0.3 is 0 Å². The number of hydrogen-bond donors (Lipinski definition) is 1. The van der Waals surface area contributed by atoms with E-state index in [2.05, 4.69) is 4.74 Å². The van der Waals surface area contributed by atoms with E-state index in [-0.39, 0.29) is 18.1 Å². The number of hydrogen-bond acceptors (Lipinski definition) is 4. The lowest BCUT2D eigenvalue weighted by molar-refractivity contribution is 0.170. The summed E-state index contributed by atoms with van der Waals surface area (Å²) in [5, 5.41) is 8.64. The van der Waals surface area contributed by atoms with Gasteiger partial charge in [0.05, 0.1) is 5.69 Å². The van der Waals surface area contributed by atoms with Gasteiger partial charge in [0.1, 0.15) is 11.6 Å². The van der Waals surface area contributed by atoms with Crippen LogP contribution in [0.4, 0.5) is 14.5 Å². The Labute approximate surface area is 77.4 Å².